The molecular weight excluding hydrogens is 380 g/mol. The minimum Gasteiger partial charge on any atom is -0.324 e. The summed E-state index contributed by atoms with van der Waals surface area (Å²) in [6.07, 6.45) is 11.1. The number of hydrogen-bond donors (Lipinski definition) is 1. The van der Waals surface area contributed by atoms with Gasteiger partial charge in [-0.1, -0.05) is 53.4 Å². The molecule has 1 unspecified atom stereocenters. The first-order valence-electron chi connectivity index (χ1n) is 9.57. The Morgan fingerprint density at radius 3 is 1.08 bits per heavy atom. The summed E-state index contributed by atoms with van der Waals surface area (Å²) in [5.74, 6) is 0. The first kappa shape index (κ1) is 28.4. The van der Waals surface area contributed by atoms with Crippen molar-refractivity contribution in [2.24, 2.45) is 0 Å². The summed E-state index contributed by atoms with van der Waals surface area (Å²) in [7, 11) is -11.0. The molecule has 0 aromatic rings. The van der Waals surface area contributed by atoms with Crippen LogP contribution in [0.25, 0.3) is 0 Å². The fraction of sp³-hybridized carbons (Fsp3) is 1.00. The molecule has 0 saturated carbocycles. The van der Waals surface area contributed by atoms with Crippen LogP contribution in [0.4, 0.5) is 0 Å². The summed E-state index contributed by atoms with van der Waals surface area (Å²) < 4.78 is 22.8. The lowest BCUT2D eigenvalue weighted by atomic mass is 10.1. The molecule has 0 heterocycles. The lowest BCUT2D eigenvalue weighted by molar-refractivity contribution is -0.929. The maximum absolute atomic E-state index is 9.44. The second kappa shape index (κ2) is 15.2. The number of unbranched alkanes of at least 4 members (excludes halogenated alkanes) is 4. The fourth-order valence-corrected chi connectivity index (χ4v) is 3.78. The average molecular weight is 417 g/mol. The highest BCUT2D eigenvalue weighted by molar-refractivity contribution is 7.59. The second-order valence-corrected chi connectivity index (χ2v) is 9.13. The van der Waals surface area contributed by atoms with Crippen molar-refractivity contribution in [3.63, 3.8) is 0 Å². The van der Waals surface area contributed by atoms with Crippen molar-refractivity contribution >= 4 is 15.6 Å². The quantitative estimate of drug-likeness (QED) is 0.296. The molecule has 0 saturated heterocycles. The first-order valence-corrected chi connectivity index (χ1v) is 12.5. The molecule has 0 aromatic heterocycles. The Kier molecular flexibility index (Phi) is 16.6. The Balaban J connectivity index is 0. The van der Waals surface area contributed by atoms with Crippen LogP contribution in [0.2, 0.25) is 0 Å². The standard InChI is InChI=1S/C16H36N.HO7P2/c1-5-9-13-17(14-10-6-2,15-11-7-3)16-12-8-4;1-8(2,3)7-9(4,5)6/h5-16H2,1-4H3;(H,1,2)/q+1;. The average Bonchev–Trinajstić information content (AvgIpc) is 2.50. The smallest absolute Gasteiger partial charge is 0.324 e. The van der Waals surface area contributed by atoms with Crippen molar-refractivity contribution < 1.29 is 37.5 Å². The van der Waals surface area contributed by atoms with Gasteiger partial charge in [0.2, 0.25) is 0 Å². The molecule has 0 aliphatic heterocycles. The van der Waals surface area contributed by atoms with Crippen molar-refractivity contribution in [3.05, 3.63) is 0 Å². The molecular formula is C16H37NO7P2+. The SMILES string of the molecule is CCCC[N+](CCCC)(CCCC)CCCC.[O]P([O])(=O)OP([O])(=O)O. The minimum absolute atomic E-state index is 1.35. The molecule has 8 nitrogen and oxygen atoms in total. The van der Waals surface area contributed by atoms with Crippen molar-refractivity contribution in [3.8, 4) is 0 Å². The Morgan fingerprint density at radius 2 is 0.962 bits per heavy atom. The molecule has 26 heavy (non-hydrogen) atoms. The predicted octanol–water partition coefficient (Wildman–Crippen LogP) is 5.51. The monoisotopic (exact) mass is 417 g/mol. The van der Waals surface area contributed by atoms with Gasteiger partial charge in [-0.3, -0.25) is 0 Å². The van der Waals surface area contributed by atoms with Gasteiger partial charge in [0.05, 0.1) is 26.2 Å². The maximum atomic E-state index is 9.44. The van der Waals surface area contributed by atoms with Crippen molar-refractivity contribution in [2.45, 2.75) is 79.1 Å². The largest absolute Gasteiger partial charge is 0.539 e. The zero-order valence-electron chi connectivity index (χ0n) is 16.7. The molecule has 0 bridgehead atoms. The molecule has 0 fully saturated rings. The van der Waals surface area contributed by atoms with Crippen LogP contribution in [0.1, 0.15) is 79.1 Å². The zero-order chi connectivity index (χ0) is 20.7. The van der Waals surface area contributed by atoms with Crippen LogP contribution in [0.3, 0.4) is 0 Å². The highest BCUT2D eigenvalue weighted by Gasteiger charge is 2.33. The van der Waals surface area contributed by atoms with Gasteiger partial charge in [-0.15, -0.1) is 14.7 Å². The van der Waals surface area contributed by atoms with Gasteiger partial charge >= 0.3 is 15.6 Å². The number of rotatable bonds is 14. The van der Waals surface area contributed by atoms with E-state index in [2.05, 4.69) is 32.0 Å². The summed E-state index contributed by atoms with van der Waals surface area (Å²) in [6, 6.07) is 0. The van der Waals surface area contributed by atoms with E-state index >= 15 is 0 Å². The minimum atomic E-state index is -5.61. The van der Waals surface area contributed by atoms with E-state index in [1.165, 1.54) is 82.0 Å². The molecule has 10 heteroatoms. The molecule has 3 radical (unpaired) electrons. The van der Waals surface area contributed by atoms with E-state index in [0.29, 0.717) is 0 Å². The van der Waals surface area contributed by atoms with Gasteiger partial charge in [0.1, 0.15) is 0 Å². The van der Waals surface area contributed by atoms with E-state index in [4.69, 9.17) is 4.89 Å². The molecule has 0 aliphatic rings. The molecule has 0 rings (SSSR count). The summed E-state index contributed by atoms with van der Waals surface area (Å²) in [5, 5.41) is 0. The van der Waals surface area contributed by atoms with Gasteiger partial charge in [0.15, 0.2) is 0 Å². The van der Waals surface area contributed by atoms with Crippen LogP contribution in [0.5, 0.6) is 0 Å². The molecule has 0 spiro atoms. The first-order chi connectivity index (χ1) is 11.9. The van der Waals surface area contributed by atoms with Crippen LogP contribution in [0, 0.1) is 0 Å². The summed E-state index contributed by atoms with van der Waals surface area (Å²) in [4.78, 5) is 35.7. The third-order valence-corrected chi connectivity index (χ3v) is 5.77. The van der Waals surface area contributed by atoms with E-state index in [1.54, 1.807) is 0 Å². The maximum Gasteiger partial charge on any atom is 0.539 e. The molecule has 1 N–H and O–H groups in total. The number of nitrogens with zero attached hydrogens (tertiary/aromatic N) is 1. The molecule has 1 atom stereocenters. The number of quaternary nitrogens is 1. The molecule has 0 amide bonds. The third-order valence-electron chi connectivity index (χ3n) is 4.15. The van der Waals surface area contributed by atoms with Crippen molar-refractivity contribution in [1.29, 1.82) is 0 Å². The van der Waals surface area contributed by atoms with E-state index in [1.807, 2.05) is 0 Å². The van der Waals surface area contributed by atoms with Gasteiger partial charge in [-0.25, -0.2) is 9.13 Å². The highest BCUT2D eigenvalue weighted by atomic mass is 31.3. The van der Waals surface area contributed by atoms with Gasteiger partial charge in [0.25, 0.3) is 0 Å². The summed E-state index contributed by atoms with van der Waals surface area (Å²) in [5.41, 5.74) is 0. The lowest BCUT2D eigenvalue weighted by Gasteiger charge is -2.39. The summed E-state index contributed by atoms with van der Waals surface area (Å²) >= 11 is 0. The molecule has 0 aromatic carbocycles. The third kappa shape index (κ3) is 19.0. The highest BCUT2D eigenvalue weighted by Crippen LogP contribution is 2.55. The molecule has 157 valence electrons. The van der Waals surface area contributed by atoms with E-state index in [9.17, 15) is 23.8 Å². The topological polar surface area (TPSA) is 123 Å². The van der Waals surface area contributed by atoms with E-state index in [-0.39, 0.29) is 0 Å². The Bertz CT molecular complexity index is 365. The van der Waals surface area contributed by atoms with Crippen LogP contribution in [-0.4, -0.2) is 35.6 Å². The Morgan fingerprint density at radius 1 is 0.692 bits per heavy atom. The Labute approximate surface area is 159 Å². The van der Waals surface area contributed by atoms with Gasteiger partial charge in [-0.05, 0) is 25.7 Å². The molecule has 0 aliphatic carbocycles. The normalized spacial score (nSPS) is 12.6. The van der Waals surface area contributed by atoms with Crippen LogP contribution in [-0.2, 0) is 28.1 Å². The summed E-state index contributed by atoms with van der Waals surface area (Å²) in [6.45, 7) is 15.0. The van der Waals surface area contributed by atoms with Crippen molar-refractivity contribution in [2.75, 3.05) is 26.2 Å². The predicted molar refractivity (Wildman–Crippen MR) is 99.9 cm³/mol. The van der Waals surface area contributed by atoms with E-state index in [0.717, 1.165) is 0 Å². The van der Waals surface area contributed by atoms with Crippen LogP contribution < -0.4 is 0 Å². The van der Waals surface area contributed by atoms with E-state index < -0.39 is 15.6 Å². The van der Waals surface area contributed by atoms with Gasteiger partial charge in [0, 0.05) is 0 Å². The van der Waals surface area contributed by atoms with Crippen LogP contribution >= 0.6 is 15.6 Å². The zero-order valence-corrected chi connectivity index (χ0v) is 18.5. The second-order valence-electron chi connectivity index (χ2n) is 6.65. The Hall–Kier alpha value is 0.220. The van der Waals surface area contributed by atoms with Crippen LogP contribution in [0.15, 0.2) is 0 Å². The number of hydrogen-bond acceptors (Lipinski definition) is 3. The lowest BCUT2D eigenvalue weighted by Crippen LogP contribution is -2.50. The van der Waals surface area contributed by atoms with Crippen molar-refractivity contribution in [1.82, 2.24) is 0 Å². The van der Waals surface area contributed by atoms with Gasteiger partial charge in [-0.2, -0.15) is 4.31 Å². The fourth-order valence-electron chi connectivity index (χ4n) is 2.77. The van der Waals surface area contributed by atoms with Gasteiger partial charge < -0.3 is 9.38 Å².